The second-order valence-electron chi connectivity index (χ2n) is 2.70. The van der Waals surface area contributed by atoms with E-state index in [9.17, 15) is 4.79 Å². The second-order valence-corrected chi connectivity index (χ2v) is 2.70. The minimum atomic E-state index is 0.703. The van der Waals surface area contributed by atoms with Gasteiger partial charge in [-0.3, -0.25) is 4.79 Å². The molecule has 0 radical (unpaired) electrons. The van der Waals surface area contributed by atoms with Crippen LogP contribution < -0.4 is 10.4 Å². The van der Waals surface area contributed by atoms with Crippen molar-refractivity contribution in [1.29, 1.82) is 0 Å². The summed E-state index contributed by atoms with van der Waals surface area (Å²) in [6, 6.07) is 5.58. The van der Waals surface area contributed by atoms with E-state index in [0.717, 1.165) is 16.7 Å². The summed E-state index contributed by atoms with van der Waals surface area (Å²) >= 11 is 0. The average Bonchev–Trinajstić information content (AvgIpc) is 2.19. The first-order valence-corrected chi connectivity index (χ1v) is 4.16. The van der Waals surface area contributed by atoms with Gasteiger partial charge in [0.15, 0.2) is 0 Å². The highest BCUT2D eigenvalue weighted by atomic mass is 16.1. The van der Waals surface area contributed by atoms with Crippen LogP contribution in [0.2, 0.25) is 0 Å². The largest absolute Gasteiger partial charge is 0.298 e. The molecule has 0 aliphatic rings. The lowest BCUT2D eigenvalue weighted by Crippen LogP contribution is -2.24. The molecule has 0 aromatic heterocycles. The number of rotatable bonds is 2. The van der Waals surface area contributed by atoms with Gasteiger partial charge in [-0.25, -0.2) is 0 Å². The van der Waals surface area contributed by atoms with E-state index >= 15 is 0 Å². The van der Waals surface area contributed by atoms with Crippen molar-refractivity contribution in [3.05, 3.63) is 46.9 Å². The Kier molecular flexibility index (Phi) is 3.21. The maximum absolute atomic E-state index is 10.5. The van der Waals surface area contributed by atoms with Crippen molar-refractivity contribution in [3.8, 4) is 0 Å². The van der Waals surface area contributed by atoms with Crippen LogP contribution >= 0.6 is 0 Å². The average molecular weight is 172 g/mol. The molecular formula is C12H12O. The molecule has 0 saturated carbocycles. The van der Waals surface area contributed by atoms with E-state index in [4.69, 9.17) is 0 Å². The summed E-state index contributed by atoms with van der Waals surface area (Å²) in [6.07, 6.45) is 6.49. The van der Waals surface area contributed by atoms with Crippen LogP contribution in [0.15, 0.2) is 30.9 Å². The van der Waals surface area contributed by atoms with Crippen LogP contribution in [0.4, 0.5) is 0 Å². The van der Waals surface area contributed by atoms with E-state index in [-0.39, 0.29) is 0 Å². The van der Waals surface area contributed by atoms with Gasteiger partial charge >= 0.3 is 0 Å². The summed E-state index contributed by atoms with van der Waals surface area (Å²) in [5.74, 6) is 0. The number of aldehydes is 1. The number of hydrogen-bond donors (Lipinski definition) is 0. The van der Waals surface area contributed by atoms with Crippen molar-refractivity contribution in [2.45, 2.75) is 6.92 Å². The van der Waals surface area contributed by atoms with E-state index in [1.165, 1.54) is 0 Å². The van der Waals surface area contributed by atoms with E-state index < -0.39 is 0 Å². The van der Waals surface area contributed by atoms with Gasteiger partial charge in [0.25, 0.3) is 0 Å². The van der Waals surface area contributed by atoms with Crippen LogP contribution in [0, 0.1) is 0 Å². The van der Waals surface area contributed by atoms with Gasteiger partial charge in [0.1, 0.15) is 6.29 Å². The smallest absolute Gasteiger partial charge is 0.150 e. The predicted octanol–water partition coefficient (Wildman–Crippen LogP) is 1.27. The molecule has 0 spiro atoms. The maximum Gasteiger partial charge on any atom is 0.150 e. The molecule has 0 bridgehead atoms. The third-order valence-corrected chi connectivity index (χ3v) is 1.86. The molecule has 66 valence electrons. The zero-order valence-electron chi connectivity index (χ0n) is 7.66. The summed E-state index contributed by atoms with van der Waals surface area (Å²) in [7, 11) is 0. The second kappa shape index (κ2) is 4.41. The fourth-order valence-corrected chi connectivity index (χ4v) is 1.20. The molecule has 1 rings (SSSR count). The first-order chi connectivity index (χ1) is 6.31. The van der Waals surface area contributed by atoms with Gasteiger partial charge in [0, 0.05) is 5.56 Å². The molecular weight excluding hydrogens is 160 g/mol. The molecule has 0 amide bonds. The first kappa shape index (κ1) is 9.46. The van der Waals surface area contributed by atoms with Crippen LogP contribution in [0.5, 0.6) is 0 Å². The van der Waals surface area contributed by atoms with E-state index in [0.29, 0.717) is 5.56 Å². The van der Waals surface area contributed by atoms with Crippen LogP contribution in [-0.2, 0) is 0 Å². The molecule has 1 aromatic carbocycles. The minimum Gasteiger partial charge on any atom is -0.298 e. The summed E-state index contributed by atoms with van der Waals surface area (Å²) in [5, 5.41) is 2.15. The number of allylic oxidation sites excluding steroid dienone is 1. The van der Waals surface area contributed by atoms with Gasteiger partial charge in [0.2, 0.25) is 0 Å². The Balaban J connectivity index is 3.51. The molecule has 0 heterocycles. The summed E-state index contributed by atoms with van der Waals surface area (Å²) < 4.78 is 0. The van der Waals surface area contributed by atoms with Gasteiger partial charge in [-0.2, -0.15) is 0 Å². The third-order valence-electron chi connectivity index (χ3n) is 1.86. The van der Waals surface area contributed by atoms with Crippen molar-refractivity contribution in [2.75, 3.05) is 0 Å². The Bertz CT molecular complexity index is 427. The molecule has 0 saturated heterocycles. The molecule has 0 fully saturated rings. The van der Waals surface area contributed by atoms with Gasteiger partial charge in [-0.05, 0) is 23.4 Å². The van der Waals surface area contributed by atoms with Crippen LogP contribution in [0.25, 0.3) is 12.2 Å². The van der Waals surface area contributed by atoms with E-state index in [1.54, 1.807) is 12.1 Å². The minimum absolute atomic E-state index is 0.703. The van der Waals surface area contributed by atoms with Crippen molar-refractivity contribution >= 4 is 18.4 Å². The number of carbonyl (C=O) groups excluding carboxylic acids is 1. The fraction of sp³-hybridized carbons (Fsp3) is 0.0833. The molecule has 0 atom stereocenters. The highest BCUT2D eigenvalue weighted by Crippen LogP contribution is 1.85. The molecule has 1 nitrogen and oxygen atoms in total. The number of carbonyl (C=O) groups is 1. The summed E-state index contributed by atoms with van der Waals surface area (Å²) in [5.41, 5.74) is 0.703. The summed E-state index contributed by atoms with van der Waals surface area (Å²) in [6.45, 7) is 5.58. The lowest BCUT2D eigenvalue weighted by Gasteiger charge is -1.91. The van der Waals surface area contributed by atoms with Gasteiger partial charge in [0.05, 0.1) is 0 Å². The van der Waals surface area contributed by atoms with Crippen LogP contribution in [0.1, 0.15) is 17.3 Å². The Hall–Kier alpha value is -1.63. The molecule has 1 heteroatoms. The van der Waals surface area contributed by atoms with Crippen LogP contribution in [0.3, 0.4) is 0 Å². The lowest BCUT2D eigenvalue weighted by atomic mass is 10.1. The third kappa shape index (κ3) is 2.15. The number of benzene rings is 1. The monoisotopic (exact) mass is 172 g/mol. The standard InChI is InChI=1S/C12H12O/c1-3-5-12-7-6-10(9-13)8-11(12)4-2/h3-9H,1H2,2H3/b11-4-,12-5-. The maximum atomic E-state index is 10.5. The Morgan fingerprint density at radius 3 is 2.62 bits per heavy atom. The normalized spacial score (nSPS) is 13.0. The Morgan fingerprint density at radius 1 is 1.31 bits per heavy atom. The molecule has 0 N–H and O–H groups in total. The van der Waals surface area contributed by atoms with Gasteiger partial charge in [-0.15, -0.1) is 0 Å². The number of hydrogen-bond acceptors (Lipinski definition) is 1. The zero-order valence-corrected chi connectivity index (χ0v) is 7.66. The van der Waals surface area contributed by atoms with Gasteiger partial charge in [-0.1, -0.05) is 36.9 Å². The van der Waals surface area contributed by atoms with Crippen LogP contribution in [-0.4, -0.2) is 6.29 Å². The molecule has 0 aliphatic carbocycles. The van der Waals surface area contributed by atoms with Crippen molar-refractivity contribution in [2.24, 2.45) is 0 Å². The van der Waals surface area contributed by atoms with Crippen molar-refractivity contribution in [1.82, 2.24) is 0 Å². The van der Waals surface area contributed by atoms with E-state index in [2.05, 4.69) is 6.58 Å². The fourth-order valence-electron chi connectivity index (χ4n) is 1.20. The van der Waals surface area contributed by atoms with Gasteiger partial charge < -0.3 is 0 Å². The predicted molar refractivity (Wildman–Crippen MR) is 55.9 cm³/mol. The highest BCUT2D eigenvalue weighted by Gasteiger charge is 1.88. The van der Waals surface area contributed by atoms with Crippen molar-refractivity contribution in [3.63, 3.8) is 0 Å². The zero-order chi connectivity index (χ0) is 9.68. The quantitative estimate of drug-likeness (QED) is 0.614. The SMILES string of the molecule is C=C/C=c1/ccc(C=O)c/c1=C/C. The Morgan fingerprint density at radius 2 is 2.08 bits per heavy atom. The molecule has 1 aromatic rings. The molecule has 0 aliphatic heterocycles. The van der Waals surface area contributed by atoms with Crippen molar-refractivity contribution < 1.29 is 4.79 Å². The highest BCUT2D eigenvalue weighted by molar-refractivity contribution is 5.74. The first-order valence-electron chi connectivity index (χ1n) is 4.16. The summed E-state index contributed by atoms with van der Waals surface area (Å²) in [4.78, 5) is 10.5. The van der Waals surface area contributed by atoms with E-state index in [1.807, 2.05) is 31.2 Å². The molecule has 0 unspecified atom stereocenters. The molecule has 13 heavy (non-hydrogen) atoms. The topological polar surface area (TPSA) is 17.1 Å². The lowest BCUT2D eigenvalue weighted by molar-refractivity contribution is 0.112. The Labute approximate surface area is 77.7 Å².